The molecule has 0 heterocycles. The van der Waals surface area contributed by atoms with Gasteiger partial charge < -0.3 is 4.74 Å². The van der Waals surface area contributed by atoms with E-state index >= 15 is 0 Å². The Morgan fingerprint density at radius 2 is 1.50 bits per heavy atom. The van der Waals surface area contributed by atoms with Gasteiger partial charge in [-0.05, 0) is 117 Å². The lowest BCUT2D eigenvalue weighted by molar-refractivity contribution is 0.0526. The van der Waals surface area contributed by atoms with Crippen molar-refractivity contribution in [2.24, 2.45) is 0 Å². The van der Waals surface area contributed by atoms with Crippen molar-refractivity contribution in [3.05, 3.63) is 68.8 Å². The third-order valence-electron chi connectivity index (χ3n) is 6.60. The number of benzene rings is 3. The van der Waals surface area contributed by atoms with E-state index in [-0.39, 0.29) is 16.8 Å². The van der Waals surface area contributed by atoms with Crippen molar-refractivity contribution in [3.63, 3.8) is 0 Å². The fraction of sp³-hybridized carbons (Fsp3) is 0.370. The highest BCUT2D eigenvalue weighted by molar-refractivity contribution is 14.1. The zero-order chi connectivity index (χ0) is 21.7. The molecule has 0 unspecified atom stereocenters. The zero-order valence-electron chi connectivity index (χ0n) is 18.4. The number of ether oxygens (including phenoxy) is 1. The van der Waals surface area contributed by atoms with Crippen LogP contribution in [0.1, 0.15) is 68.9 Å². The summed E-state index contributed by atoms with van der Waals surface area (Å²) < 4.78 is 6.36. The number of esters is 1. The molecule has 0 saturated carbocycles. The molecule has 3 aromatic carbocycles. The molecule has 0 radical (unpaired) electrons. The molecule has 1 aliphatic rings. The molecular weight excluding hydrogens is 483 g/mol. The molecule has 0 aliphatic heterocycles. The SMILES string of the molecule is CCOC(=O)c1ccc(-c2cc(I)c3cc4c(cc3c2)C(C)(C)CCC4(C)C)cc1. The summed E-state index contributed by atoms with van der Waals surface area (Å²) in [5, 5.41) is 2.61. The number of fused-ring (bicyclic) bond motifs is 2. The molecule has 3 aromatic rings. The molecule has 156 valence electrons. The van der Waals surface area contributed by atoms with Crippen LogP contribution >= 0.6 is 22.6 Å². The molecular formula is C27H29IO2. The molecule has 0 spiro atoms. The molecule has 0 bridgehead atoms. The van der Waals surface area contributed by atoms with Crippen LogP contribution in [-0.4, -0.2) is 12.6 Å². The quantitative estimate of drug-likeness (QED) is 0.266. The third-order valence-corrected chi connectivity index (χ3v) is 7.50. The van der Waals surface area contributed by atoms with E-state index in [1.807, 2.05) is 31.2 Å². The first-order chi connectivity index (χ1) is 14.1. The normalized spacial score (nSPS) is 16.9. The van der Waals surface area contributed by atoms with Gasteiger partial charge in [0.1, 0.15) is 0 Å². The number of rotatable bonds is 3. The fourth-order valence-corrected chi connectivity index (χ4v) is 5.36. The maximum absolute atomic E-state index is 11.9. The van der Waals surface area contributed by atoms with Crippen LogP contribution < -0.4 is 0 Å². The highest BCUT2D eigenvalue weighted by Crippen LogP contribution is 2.47. The topological polar surface area (TPSA) is 26.3 Å². The Kier molecular flexibility index (Phi) is 5.46. The van der Waals surface area contributed by atoms with Crippen LogP contribution in [0.4, 0.5) is 0 Å². The molecule has 0 amide bonds. The average molecular weight is 512 g/mol. The molecule has 0 N–H and O–H groups in total. The first-order valence-electron chi connectivity index (χ1n) is 10.7. The lowest BCUT2D eigenvalue weighted by Crippen LogP contribution is -2.33. The largest absolute Gasteiger partial charge is 0.462 e. The van der Waals surface area contributed by atoms with Crippen LogP contribution in [0.25, 0.3) is 21.9 Å². The molecule has 2 nitrogen and oxygen atoms in total. The van der Waals surface area contributed by atoms with Crippen LogP contribution in [-0.2, 0) is 15.6 Å². The number of carbonyl (C=O) groups excluding carboxylic acids is 1. The van der Waals surface area contributed by atoms with Crippen molar-refractivity contribution in [1.29, 1.82) is 0 Å². The Morgan fingerprint density at radius 1 is 0.900 bits per heavy atom. The van der Waals surface area contributed by atoms with Gasteiger partial charge in [0.15, 0.2) is 0 Å². The summed E-state index contributed by atoms with van der Waals surface area (Å²) in [6.45, 7) is 11.7. The Labute approximate surface area is 193 Å². The standard InChI is InChI=1S/C27H29IO2/c1-6-30-25(29)18-9-7-17(8-10-18)19-13-20-14-22-23(16-21(20)24(28)15-19)27(4,5)12-11-26(22,2)3/h7-10,13-16H,6,11-12H2,1-5H3. The van der Waals surface area contributed by atoms with E-state index in [9.17, 15) is 4.79 Å². The number of hydrogen-bond acceptors (Lipinski definition) is 2. The van der Waals surface area contributed by atoms with Crippen molar-refractivity contribution in [3.8, 4) is 11.1 Å². The lowest BCUT2D eigenvalue weighted by atomic mass is 9.63. The highest BCUT2D eigenvalue weighted by Gasteiger charge is 2.37. The smallest absolute Gasteiger partial charge is 0.338 e. The maximum atomic E-state index is 11.9. The molecule has 0 atom stereocenters. The fourth-order valence-electron chi connectivity index (χ4n) is 4.56. The Morgan fingerprint density at radius 3 is 2.10 bits per heavy atom. The Hall–Kier alpha value is -1.88. The third kappa shape index (κ3) is 3.77. The van der Waals surface area contributed by atoms with Gasteiger partial charge in [0, 0.05) is 3.57 Å². The summed E-state index contributed by atoms with van der Waals surface area (Å²) >= 11 is 2.46. The van der Waals surface area contributed by atoms with E-state index in [0.717, 1.165) is 5.56 Å². The summed E-state index contributed by atoms with van der Waals surface area (Å²) in [6, 6.07) is 17.1. The van der Waals surface area contributed by atoms with E-state index in [1.54, 1.807) is 0 Å². The zero-order valence-corrected chi connectivity index (χ0v) is 20.6. The monoisotopic (exact) mass is 512 g/mol. The second kappa shape index (κ2) is 7.67. The van der Waals surface area contributed by atoms with E-state index in [4.69, 9.17) is 4.74 Å². The molecule has 0 aromatic heterocycles. The van der Waals surface area contributed by atoms with Crippen molar-refractivity contribution in [2.75, 3.05) is 6.61 Å². The van der Waals surface area contributed by atoms with Gasteiger partial charge in [-0.2, -0.15) is 0 Å². The predicted molar refractivity (Wildman–Crippen MR) is 133 cm³/mol. The van der Waals surface area contributed by atoms with Crippen LogP contribution in [0.2, 0.25) is 0 Å². The summed E-state index contributed by atoms with van der Waals surface area (Å²) in [7, 11) is 0. The van der Waals surface area contributed by atoms with Gasteiger partial charge in [-0.25, -0.2) is 4.79 Å². The van der Waals surface area contributed by atoms with Crippen molar-refractivity contribution in [2.45, 2.75) is 58.3 Å². The minimum absolute atomic E-state index is 0.196. The molecule has 0 saturated heterocycles. The van der Waals surface area contributed by atoms with Crippen molar-refractivity contribution >= 4 is 39.3 Å². The summed E-state index contributed by atoms with van der Waals surface area (Å²) in [4.78, 5) is 11.9. The molecule has 0 fully saturated rings. The van der Waals surface area contributed by atoms with Crippen LogP contribution in [0.3, 0.4) is 0 Å². The van der Waals surface area contributed by atoms with Crippen LogP contribution in [0, 0.1) is 3.57 Å². The van der Waals surface area contributed by atoms with Crippen LogP contribution in [0.5, 0.6) is 0 Å². The van der Waals surface area contributed by atoms with E-state index in [2.05, 4.69) is 74.6 Å². The maximum Gasteiger partial charge on any atom is 0.338 e. The first-order valence-corrected chi connectivity index (χ1v) is 11.8. The van der Waals surface area contributed by atoms with E-state index in [1.165, 1.54) is 43.9 Å². The lowest BCUT2D eigenvalue weighted by Gasteiger charge is -2.42. The molecule has 30 heavy (non-hydrogen) atoms. The van der Waals surface area contributed by atoms with Crippen molar-refractivity contribution < 1.29 is 9.53 Å². The van der Waals surface area contributed by atoms with Gasteiger partial charge >= 0.3 is 5.97 Å². The van der Waals surface area contributed by atoms with Gasteiger partial charge in [-0.1, -0.05) is 45.9 Å². The Bertz CT molecular complexity index is 1120. The van der Waals surface area contributed by atoms with E-state index in [0.29, 0.717) is 12.2 Å². The van der Waals surface area contributed by atoms with Gasteiger partial charge in [-0.3, -0.25) is 0 Å². The number of halogens is 1. The van der Waals surface area contributed by atoms with Gasteiger partial charge in [0.25, 0.3) is 0 Å². The minimum Gasteiger partial charge on any atom is -0.462 e. The predicted octanol–water partition coefficient (Wildman–Crippen LogP) is 7.64. The minimum atomic E-state index is -0.270. The first kappa shape index (κ1) is 21.4. The van der Waals surface area contributed by atoms with Crippen LogP contribution in [0.15, 0.2) is 48.5 Å². The average Bonchev–Trinajstić information content (AvgIpc) is 2.71. The van der Waals surface area contributed by atoms with Gasteiger partial charge in [0.05, 0.1) is 12.2 Å². The van der Waals surface area contributed by atoms with E-state index < -0.39 is 0 Å². The summed E-state index contributed by atoms with van der Waals surface area (Å²) in [5.74, 6) is -0.270. The Balaban J connectivity index is 1.82. The molecule has 3 heteroatoms. The second-order valence-electron chi connectivity index (χ2n) is 9.64. The van der Waals surface area contributed by atoms with Gasteiger partial charge in [0.2, 0.25) is 0 Å². The highest BCUT2D eigenvalue weighted by atomic mass is 127. The molecule has 4 rings (SSSR count). The number of carbonyl (C=O) groups is 1. The summed E-state index contributed by atoms with van der Waals surface area (Å²) in [6.07, 6.45) is 2.44. The number of hydrogen-bond donors (Lipinski definition) is 0. The molecule has 1 aliphatic carbocycles. The summed E-state index contributed by atoms with van der Waals surface area (Å²) in [5.41, 5.74) is 6.27. The van der Waals surface area contributed by atoms with Crippen molar-refractivity contribution in [1.82, 2.24) is 0 Å². The second-order valence-corrected chi connectivity index (χ2v) is 10.8. The van der Waals surface area contributed by atoms with Gasteiger partial charge in [-0.15, -0.1) is 0 Å².